The second kappa shape index (κ2) is 8.14. The van der Waals surface area contributed by atoms with E-state index < -0.39 is 5.60 Å². The molecule has 0 radical (unpaired) electrons. The van der Waals surface area contributed by atoms with Crippen molar-refractivity contribution >= 4 is 28.7 Å². The van der Waals surface area contributed by atoms with E-state index in [9.17, 15) is 10.0 Å². The molecule has 1 aromatic heterocycles. The summed E-state index contributed by atoms with van der Waals surface area (Å²) in [6.07, 6.45) is 0. The maximum absolute atomic E-state index is 12.5. The van der Waals surface area contributed by atoms with Crippen molar-refractivity contribution in [2.45, 2.75) is 32.9 Å². The first-order chi connectivity index (χ1) is 14.3. The van der Waals surface area contributed by atoms with Crippen molar-refractivity contribution in [3.05, 3.63) is 76.0 Å². The molecule has 0 amide bonds. The monoisotopic (exact) mass is 420 g/mol. The molecule has 2 heterocycles. The van der Waals surface area contributed by atoms with Crippen LogP contribution in [0.5, 0.6) is 0 Å². The lowest BCUT2D eigenvalue weighted by molar-refractivity contribution is -0.0859. The van der Waals surface area contributed by atoms with Gasteiger partial charge < -0.3 is 9.94 Å². The minimum Gasteiger partial charge on any atom is -0.456 e. The maximum Gasteiger partial charge on any atom is 0.348 e. The molecule has 1 aliphatic heterocycles. The van der Waals surface area contributed by atoms with E-state index in [0.717, 1.165) is 33.0 Å². The molecular formula is C24H24N2O3S. The third kappa shape index (κ3) is 4.67. The summed E-state index contributed by atoms with van der Waals surface area (Å²) in [6.45, 7) is 6.21. The summed E-state index contributed by atoms with van der Waals surface area (Å²) >= 11 is 1.34. The standard InChI is InChI=1S/C24H24N2O3S/c1-24(2,3)29-23(27)21-13-19-20(14-26(28)15-22(19)30-21)25-18-11-9-17(10-12-18)16-7-5-4-6-8-16/h4-13,28H,14-15H2,1-3H3. The van der Waals surface area contributed by atoms with Crippen molar-refractivity contribution in [1.29, 1.82) is 0 Å². The normalized spacial score (nSPS) is 15.8. The topological polar surface area (TPSA) is 62.1 Å². The van der Waals surface area contributed by atoms with Crippen LogP contribution in [0.1, 0.15) is 40.9 Å². The Morgan fingerprint density at radius 1 is 1.03 bits per heavy atom. The lowest BCUT2D eigenvalue weighted by atomic mass is 10.0. The number of thiophene rings is 1. The van der Waals surface area contributed by atoms with Crippen LogP contribution >= 0.6 is 11.3 Å². The second-order valence-electron chi connectivity index (χ2n) is 8.24. The average molecular weight is 421 g/mol. The Labute approximate surface area is 180 Å². The fourth-order valence-electron chi connectivity index (χ4n) is 3.31. The molecule has 0 aliphatic carbocycles. The Bertz CT molecular complexity index is 1080. The van der Waals surface area contributed by atoms with E-state index >= 15 is 0 Å². The van der Waals surface area contributed by atoms with Crippen molar-refractivity contribution in [3.8, 4) is 11.1 Å². The van der Waals surface area contributed by atoms with Crippen molar-refractivity contribution in [2.75, 3.05) is 6.54 Å². The Balaban J connectivity index is 1.62. The van der Waals surface area contributed by atoms with Crippen molar-refractivity contribution < 1.29 is 14.7 Å². The lowest BCUT2D eigenvalue weighted by Crippen LogP contribution is -2.31. The van der Waals surface area contributed by atoms with Gasteiger partial charge in [-0.1, -0.05) is 42.5 Å². The quantitative estimate of drug-likeness (QED) is 0.553. The lowest BCUT2D eigenvalue weighted by Gasteiger charge is -2.22. The van der Waals surface area contributed by atoms with E-state index in [1.165, 1.54) is 16.4 Å². The van der Waals surface area contributed by atoms with Crippen LogP contribution in [0.2, 0.25) is 0 Å². The molecule has 6 heteroatoms. The summed E-state index contributed by atoms with van der Waals surface area (Å²) in [7, 11) is 0. The van der Waals surface area contributed by atoms with Gasteiger partial charge in [0.05, 0.1) is 24.5 Å². The molecule has 1 aliphatic rings. The van der Waals surface area contributed by atoms with Gasteiger partial charge in [-0.05, 0) is 50.1 Å². The number of hydroxylamine groups is 2. The molecule has 0 saturated heterocycles. The van der Waals surface area contributed by atoms with Gasteiger partial charge in [-0.15, -0.1) is 11.3 Å². The van der Waals surface area contributed by atoms with Gasteiger partial charge in [-0.3, -0.25) is 4.99 Å². The number of benzene rings is 2. The van der Waals surface area contributed by atoms with Crippen LogP contribution in [0.3, 0.4) is 0 Å². The van der Waals surface area contributed by atoms with E-state index in [-0.39, 0.29) is 5.97 Å². The molecule has 3 aromatic rings. The van der Waals surface area contributed by atoms with Gasteiger partial charge in [0.15, 0.2) is 0 Å². The molecule has 154 valence electrons. The zero-order valence-electron chi connectivity index (χ0n) is 17.3. The number of ether oxygens (including phenoxy) is 1. The number of fused-ring (bicyclic) bond motifs is 1. The molecule has 0 bridgehead atoms. The zero-order chi connectivity index (χ0) is 21.3. The van der Waals surface area contributed by atoms with E-state index in [1.807, 2.05) is 69.3 Å². The molecule has 4 rings (SSSR count). The highest BCUT2D eigenvalue weighted by molar-refractivity contribution is 7.14. The molecule has 0 unspecified atom stereocenters. The van der Waals surface area contributed by atoms with Crippen LogP contribution in [0, 0.1) is 0 Å². The van der Waals surface area contributed by atoms with Crippen molar-refractivity contribution in [1.82, 2.24) is 5.06 Å². The number of hydrogen-bond donors (Lipinski definition) is 1. The van der Waals surface area contributed by atoms with Crippen LogP contribution in [0.25, 0.3) is 11.1 Å². The highest BCUT2D eigenvalue weighted by Gasteiger charge is 2.27. The highest BCUT2D eigenvalue weighted by Crippen LogP contribution is 2.31. The van der Waals surface area contributed by atoms with E-state index in [4.69, 9.17) is 9.73 Å². The van der Waals surface area contributed by atoms with Gasteiger partial charge in [0, 0.05) is 10.4 Å². The molecule has 0 spiro atoms. The van der Waals surface area contributed by atoms with Crippen molar-refractivity contribution in [2.24, 2.45) is 4.99 Å². The molecule has 0 fully saturated rings. The molecule has 30 heavy (non-hydrogen) atoms. The van der Waals surface area contributed by atoms with E-state index in [2.05, 4.69) is 12.1 Å². The Kier molecular flexibility index (Phi) is 5.56. The first-order valence-corrected chi connectivity index (χ1v) is 10.6. The number of carbonyl (C=O) groups excluding carboxylic acids is 1. The Morgan fingerprint density at radius 3 is 2.37 bits per heavy atom. The minimum atomic E-state index is -0.554. The summed E-state index contributed by atoms with van der Waals surface area (Å²) < 4.78 is 5.49. The van der Waals surface area contributed by atoms with Crippen molar-refractivity contribution in [3.63, 3.8) is 0 Å². The van der Waals surface area contributed by atoms with Gasteiger partial charge in [0.1, 0.15) is 10.5 Å². The van der Waals surface area contributed by atoms with Crippen LogP contribution in [-0.4, -0.2) is 34.1 Å². The Morgan fingerprint density at radius 2 is 1.70 bits per heavy atom. The summed E-state index contributed by atoms with van der Waals surface area (Å²) in [4.78, 5) is 18.7. The first-order valence-electron chi connectivity index (χ1n) is 9.82. The van der Waals surface area contributed by atoms with Crippen LogP contribution < -0.4 is 0 Å². The van der Waals surface area contributed by atoms with Crippen LogP contribution in [0.4, 0.5) is 5.69 Å². The predicted molar refractivity (Wildman–Crippen MR) is 120 cm³/mol. The summed E-state index contributed by atoms with van der Waals surface area (Å²) in [5.41, 5.74) is 4.15. The van der Waals surface area contributed by atoms with E-state index in [1.54, 1.807) is 0 Å². The predicted octanol–water partition coefficient (Wildman–Crippen LogP) is 5.70. The number of nitrogens with zero attached hydrogens (tertiary/aromatic N) is 2. The third-order valence-corrected chi connectivity index (χ3v) is 5.72. The summed E-state index contributed by atoms with van der Waals surface area (Å²) in [5, 5.41) is 11.4. The number of carbonyl (C=O) groups is 1. The van der Waals surface area contributed by atoms with Gasteiger partial charge in [-0.25, -0.2) is 4.79 Å². The van der Waals surface area contributed by atoms with E-state index in [0.29, 0.717) is 18.0 Å². The minimum absolute atomic E-state index is 0.304. The summed E-state index contributed by atoms with van der Waals surface area (Å²) in [6, 6.07) is 20.0. The fraction of sp³-hybridized carbons (Fsp3) is 0.250. The third-order valence-electron chi connectivity index (χ3n) is 4.62. The second-order valence-corrected chi connectivity index (χ2v) is 9.38. The molecule has 0 atom stereocenters. The largest absolute Gasteiger partial charge is 0.456 e. The van der Waals surface area contributed by atoms with Gasteiger partial charge in [0.25, 0.3) is 0 Å². The molecule has 2 aromatic carbocycles. The SMILES string of the molecule is CC(C)(C)OC(=O)c1cc2c(s1)CN(O)CC2=Nc1ccc(-c2ccccc2)cc1. The molecule has 0 saturated carbocycles. The van der Waals surface area contributed by atoms with Crippen LogP contribution in [-0.2, 0) is 11.3 Å². The zero-order valence-corrected chi connectivity index (χ0v) is 18.1. The number of esters is 1. The first kappa shape index (κ1) is 20.5. The number of hydrogen-bond acceptors (Lipinski definition) is 6. The van der Waals surface area contributed by atoms with Gasteiger partial charge in [0.2, 0.25) is 0 Å². The highest BCUT2D eigenvalue weighted by atomic mass is 32.1. The molecule has 1 N–H and O–H groups in total. The fourth-order valence-corrected chi connectivity index (χ4v) is 4.38. The molecular weight excluding hydrogens is 396 g/mol. The van der Waals surface area contributed by atoms with Crippen LogP contribution in [0.15, 0.2) is 65.7 Å². The number of rotatable bonds is 3. The smallest absolute Gasteiger partial charge is 0.348 e. The van der Waals surface area contributed by atoms with Gasteiger partial charge in [-0.2, -0.15) is 5.06 Å². The van der Waals surface area contributed by atoms with Gasteiger partial charge >= 0.3 is 5.97 Å². The maximum atomic E-state index is 12.5. The number of aliphatic imine (C=N–C) groups is 1. The Hall–Kier alpha value is -2.80. The molecule has 5 nitrogen and oxygen atoms in total. The average Bonchev–Trinajstić information content (AvgIpc) is 3.12. The summed E-state index contributed by atoms with van der Waals surface area (Å²) in [5.74, 6) is -0.349.